The van der Waals surface area contributed by atoms with E-state index in [0.29, 0.717) is 11.9 Å². The molecule has 1 aromatic heterocycles. The Hall–Kier alpha value is -2.12. The van der Waals surface area contributed by atoms with Gasteiger partial charge in [-0.05, 0) is 20.3 Å². The standard InChI is InChI=1S/C12H22N6O2/c1-5-6-14-10-15-11(17-12(16-10)20-4)18(8(2)3)7-9(13)19/h8H,5-7H2,1-4H3,(H2,13,19)(H,14,15,16,17). The Morgan fingerprint density at radius 1 is 1.40 bits per heavy atom. The molecule has 8 nitrogen and oxygen atoms in total. The number of ether oxygens (including phenoxy) is 1. The van der Waals surface area contributed by atoms with Gasteiger partial charge in [0.2, 0.25) is 17.8 Å². The molecule has 8 heteroatoms. The second kappa shape index (κ2) is 7.46. The highest BCUT2D eigenvalue weighted by Crippen LogP contribution is 2.16. The largest absolute Gasteiger partial charge is 0.467 e. The Labute approximate surface area is 118 Å². The number of amides is 1. The molecule has 3 N–H and O–H groups in total. The van der Waals surface area contributed by atoms with Crippen molar-refractivity contribution in [2.75, 3.05) is 30.4 Å². The van der Waals surface area contributed by atoms with Crippen molar-refractivity contribution in [3.8, 4) is 6.01 Å². The first-order chi connectivity index (χ1) is 9.47. The number of primary amides is 1. The number of hydrogen-bond acceptors (Lipinski definition) is 7. The summed E-state index contributed by atoms with van der Waals surface area (Å²) in [5.74, 6) is 0.342. The molecule has 20 heavy (non-hydrogen) atoms. The van der Waals surface area contributed by atoms with Gasteiger partial charge in [-0.15, -0.1) is 0 Å². The Morgan fingerprint density at radius 2 is 2.10 bits per heavy atom. The lowest BCUT2D eigenvalue weighted by Gasteiger charge is -2.25. The third-order valence-corrected chi connectivity index (χ3v) is 2.53. The van der Waals surface area contributed by atoms with Gasteiger partial charge in [-0.2, -0.15) is 15.0 Å². The van der Waals surface area contributed by atoms with Gasteiger partial charge in [0.05, 0.1) is 13.7 Å². The smallest absolute Gasteiger partial charge is 0.322 e. The molecule has 0 aromatic carbocycles. The molecule has 0 aliphatic carbocycles. The maximum absolute atomic E-state index is 11.2. The number of nitrogens with one attached hydrogen (secondary N) is 1. The molecular formula is C12H22N6O2. The molecule has 1 amide bonds. The number of anilines is 2. The fourth-order valence-electron chi connectivity index (χ4n) is 1.53. The van der Waals surface area contributed by atoms with Crippen LogP contribution in [0.1, 0.15) is 27.2 Å². The highest BCUT2D eigenvalue weighted by molar-refractivity contribution is 5.79. The van der Waals surface area contributed by atoms with Crippen LogP contribution in [0.5, 0.6) is 6.01 Å². The second-order valence-corrected chi connectivity index (χ2v) is 4.56. The summed E-state index contributed by atoms with van der Waals surface area (Å²) in [6.45, 7) is 6.68. The van der Waals surface area contributed by atoms with Gasteiger partial charge in [-0.1, -0.05) is 6.92 Å². The second-order valence-electron chi connectivity index (χ2n) is 4.56. The predicted octanol–water partition coefficient (Wildman–Crippen LogP) is 0.402. The maximum atomic E-state index is 11.2. The number of rotatable bonds is 8. The normalized spacial score (nSPS) is 10.4. The average molecular weight is 282 g/mol. The van der Waals surface area contributed by atoms with Gasteiger partial charge < -0.3 is 20.7 Å². The molecule has 1 aromatic rings. The zero-order chi connectivity index (χ0) is 15.1. The van der Waals surface area contributed by atoms with Crippen molar-refractivity contribution >= 4 is 17.8 Å². The molecular weight excluding hydrogens is 260 g/mol. The zero-order valence-electron chi connectivity index (χ0n) is 12.4. The third-order valence-electron chi connectivity index (χ3n) is 2.53. The van der Waals surface area contributed by atoms with Gasteiger partial charge in [-0.3, -0.25) is 4.79 Å². The van der Waals surface area contributed by atoms with E-state index in [1.54, 1.807) is 4.90 Å². The van der Waals surface area contributed by atoms with E-state index in [2.05, 4.69) is 20.3 Å². The molecule has 1 heterocycles. The fraction of sp³-hybridized carbons (Fsp3) is 0.667. The minimum Gasteiger partial charge on any atom is -0.467 e. The summed E-state index contributed by atoms with van der Waals surface area (Å²) in [6, 6.07) is 0.220. The van der Waals surface area contributed by atoms with Crippen molar-refractivity contribution in [2.24, 2.45) is 5.73 Å². The maximum Gasteiger partial charge on any atom is 0.322 e. The average Bonchev–Trinajstić information content (AvgIpc) is 2.41. The Kier molecular flexibility index (Phi) is 5.95. The molecule has 0 saturated carbocycles. The number of aromatic nitrogens is 3. The van der Waals surface area contributed by atoms with E-state index < -0.39 is 5.91 Å². The summed E-state index contributed by atoms with van der Waals surface area (Å²) >= 11 is 0. The summed E-state index contributed by atoms with van der Waals surface area (Å²) in [5.41, 5.74) is 5.26. The van der Waals surface area contributed by atoms with Gasteiger partial charge in [0.15, 0.2) is 0 Å². The molecule has 0 atom stereocenters. The number of carbonyl (C=O) groups is 1. The topological polar surface area (TPSA) is 106 Å². The quantitative estimate of drug-likeness (QED) is 0.710. The number of carbonyl (C=O) groups excluding carboxylic acids is 1. The molecule has 112 valence electrons. The van der Waals surface area contributed by atoms with Crippen LogP contribution in [0.4, 0.5) is 11.9 Å². The first-order valence-electron chi connectivity index (χ1n) is 6.56. The van der Waals surface area contributed by atoms with Crippen LogP contribution in [0, 0.1) is 0 Å². The van der Waals surface area contributed by atoms with E-state index in [4.69, 9.17) is 10.5 Å². The van der Waals surface area contributed by atoms with Crippen molar-refractivity contribution in [2.45, 2.75) is 33.2 Å². The SMILES string of the molecule is CCCNc1nc(OC)nc(N(CC(N)=O)C(C)C)n1. The summed E-state index contributed by atoms with van der Waals surface area (Å²) in [7, 11) is 1.48. The number of nitrogens with two attached hydrogens (primary N) is 1. The predicted molar refractivity (Wildman–Crippen MR) is 76.8 cm³/mol. The Balaban J connectivity index is 3.08. The monoisotopic (exact) mass is 282 g/mol. The zero-order valence-corrected chi connectivity index (χ0v) is 12.4. The lowest BCUT2D eigenvalue weighted by molar-refractivity contribution is -0.116. The first-order valence-corrected chi connectivity index (χ1v) is 6.56. The third kappa shape index (κ3) is 4.52. The van der Waals surface area contributed by atoms with E-state index in [-0.39, 0.29) is 18.6 Å². The van der Waals surface area contributed by atoms with Gasteiger partial charge in [0, 0.05) is 12.6 Å². The van der Waals surface area contributed by atoms with Gasteiger partial charge in [0.1, 0.15) is 0 Å². The van der Waals surface area contributed by atoms with E-state index in [1.807, 2.05) is 20.8 Å². The van der Waals surface area contributed by atoms with Crippen LogP contribution in [0.25, 0.3) is 0 Å². The summed E-state index contributed by atoms with van der Waals surface area (Å²) in [5, 5.41) is 3.07. The van der Waals surface area contributed by atoms with Crippen LogP contribution in [0.3, 0.4) is 0 Å². The number of nitrogens with zero attached hydrogens (tertiary/aromatic N) is 4. The molecule has 0 unspecified atom stereocenters. The van der Waals surface area contributed by atoms with Crippen LogP contribution in [-0.2, 0) is 4.79 Å². The van der Waals surface area contributed by atoms with E-state index in [1.165, 1.54) is 7.11 Å². The van der Waals surface area contributed by atoms with Crippen LogP contribution < -0.4 is 20.7 Å². The lowest BCUT2D eigenvalue weighted by atomic mass is 10.3. The number of methoxy groups -OCH3 is 1. The van der Waals surface area contributed by atoms with E-state index >= 15 is 0 Å². The summed E-state index contributed by atoms with van der Waals surface area (Å²) in [4.78, 5) is 25.4. The first kappa shape index (κ1) is 15.9. The van der Waals surface area contributed by atoms with Crippen molar-refractivity contribution < 1.29 is 9.53 Å². The van der Waals surface area contributed by atoms with Crippen molar-refractivity contribution in [3.05, 3.63) is 0 Å². The van der Waals surface area contributed by atoms with E-state index in [0.717, 1.165) is 13.0 Å². The molecule has 1 rings (SSSR count). The van der Waals surface area contributed by atoms with Gasteiger partial charge in [0.25, 0.3) is 0 Å². The van der Waals surface area contributed by atoms with Crippen molar-refractivity contribution in [3.63, 3.8) is 0 Å². The summed E-state index contributed by atoms with van der Waals surface area (Å²) in [6.07, 6.45) is 0.943. The van der Waals surface area contributed by atoms with Gasteiger partial charge >= 0.3 is 6.01 Å². The van der Waals surface area contributed by atoms with Crippen LogP contribution in [-0.4, -0.2) is 47.1 Å². The highest BCUT2D eigenvalue weighted by Gasteiger charge is 2.18. The van der Waals surface area contributed by atoms with Gasteiger partial charge in [-0.25, -0.2) is 0 Å². The molecule has 0 aliphatic heterocycles. The van der Waals surface area contributed by atoms with Crippen LogP contribution in [0.2, 0.25) is 0 Å². The molecule has 0 spiro atoms. The van der Waals surface area contributed by atoms with Crippen LogP contribution in [0.15, 0.2) is 0 Å². The highest BCUT2D eigenvalue weighted by atomic mass is 16.5. The van der Waals surface area contributed by atoms with Crippen LogP contribution >= 0.6 is 0 Å². The summed E-state index contributed by atoms with van der Waals surface area (Å²) < 4.78 is 5.07. The minimum atomic E-state index is -0.443. The molecule has 0 fully saturated rings. The Morgan fingerprint density at radius 3 is 2.60 bits per heavy atom. The minimum absolute atomic E-state index is 0.0219. The van der Waals surface area contributed by atoms with Crippen molar-refractivity contribution in [1.82, 2.24) is 15.0 Å². The van der Waals surface area contributed by atoms with Crippen molar-refractivity contribution in [1.29, 1.82) is 0 Å². The molecule has 0 bridgehead atoms. The van der Waals surface area contributed by atoms with E-state index in [9.17, 15) is 4.79 Å². The molecule has 0 aliphatic rings. The lowest BCUT2D eigenvalue weighted by Crippen LogP contribution is -2.39. The Bertz CT molecular complexity index is 452. The molecule has 0 saturated heterocycles. The fourth-order valence-corrected chi connectivity index (χ4v) is 1.53. The number of hydrogen-bond donors (Lipinski definition) is 2. The molecule has 0 radical (unpaired) electrons.